The number of rotatable bonds is 6. The lowest BCUT2D eigenvalue weighted by molar-refractivity contribution is 0.162. The SMILES string of the molecule is CN(C)C1(CNS(=O)(=O)CCN)CCCC1. The van der Waals surface area contributed by atoms with Crippen LogP contribution in [0.25, 0.3) is 0 Å². The van der Waals surface area contributed by atoms with E-state index in [1.807, 2.05) is 14.1 Å². The lowest BCUT2D eigenvalue weighted by Crippen LogP contribution is -2.51. The van der Waals surface area contributed by atoms with Gasteiger partial charge in [-0.05, 0) is 26.9 Å². The van der Waals surface area contributed by atoms with E-state index in [1.54, 1.807) is 0 Å². The van der Waals surface area contributed by atoms with Crippen molar-refractivity contribution in [1.82, 2.24) is 9.62 Å². The zero-order chi connectivity index (χ0) is 12.2. The first-order valence-corrected chi connectivity index (χ1v) is 7.42. The summed E-state index contributed by atoms with van der Waals surface area (Å²) in [7, 11) is 0.840. The van der Waals surface area contributed by atoms with Gasteiger partial charge in [0, 0.05) is 18.6 Å². The van der Waals surface area contributed by atoms with Crippen molar-refractivity contribution in [3.8, 4) is 0 Å². The summed E-state index contributed by atoms with van der Waals surface area (Å²) >= 11 is 0. The monoisotopic (exact) mass is 249 g/mol. The molecule has 0 radical (unpaired) electrons. The molecule has 1 aliphatic rings. The second kappa shape index (κ2) is 5.44. The maximum absolute atomic E-state index is 11.5. The third kappa shape index (κ3) is 3.41. The van der Waals surface area contributed by atoms with Crippen LogP contribution in [0.2, 0.25) is 0 Å². The summed E-state index contributed by atoms with van der Waals surface area (Å²) in [5.41, 5.74) is 5.26. The molecule has 1 saturated carbocycles. The van der Waals surface area contributed by atoms with Gasteiger partial charge in [0.2, 0.25) is 10.0 Å². The number of hydrogen-bond donors (Lipinski definition) is 2. The minimum absolute atomic E-state index is 0.00166. The van der Waals surface area contributed by atoms with E-state index in [1.165, 1.54) is 12.8 Å². The Labute approximate surface area is 98.4 Å². The van der Waals surface area contributed by atoms with Crippen LogP contribution in [0, 0.1) is 0 Å². The summed E-state index contributed by atoms with van der Waals surface area (Å²) in [6.07, 6.45) is 4.48. The van der Waals surface area contributed by atoms with Crippen LogP contribution in [0.4, 0.5) is 0 Å². The number of nitrogens with one attached hydrogen (secondary N) is 1. The number of nitrogens with two attached hydrogens (primary N) is 1. The first-order valence-electron chi connectivity index (χ1n) is 5.77. The zero-order valence-electron chi connectivity index (χ0n) is 10.2. The van der Waals surface area contributed by atoms with Gasteiger partial charge >= 0.3 is 0 Å². The largest absolute Gasteiger partial charge is 0.329 e. The van der Waals surface area contributed by atoms with E-state index < -0.39 is 10.0 Å². The predicted molar refractivity (Wildman–Crippen MR) is 65.7 cm³/mol. The van der Waals surface area contributed by atoms with E-state index >= 15 is 0 Å². The molecule has 0 atom stereocenters. The molecule has 1 aliphatic carbocycles. The molecule has 0 aliphatic heterocycles. The fraction of sp³-hybridized carbons (Fsp3) is 1.00. The summed E-state index contributed by atoms with van der Waals surface area (Å²) in [5.74, 6) is 0.0104. The highest BCUT2D eigenvalue weighted by atomic mass is 32.2. The molecule has 0 bridgehead atoms. The minimum atomic E-state index is -3.19. The molecule has 0 aromatic heterocycles. The molecule has 0 aromatic carbocycles. The Hall–Kier alpha value is -0.170. The van der Waals surface area contributed by atoms with E-state index in [0.717, 1.165) is 12.8 Å². The Morgan fingerprint density at radius 3 is 2.31 bits per heavy atom. The molecule has 0 amide bonds. The van der Waals surface area contributed by atoms with Crippen LogP contribution in [0.5, 0.6) is 0 Å². The topological polar surface area (TPSA) is 75.4 Å². The Balaban J connectivity index is 2.58. The van der Waals surface area contributed by atoms with Gasteiger partial charge in [0.1, 0.15) is 0 Å². The van der Waals surface area contributed by atoms with Crippen molar-refractivity contribution in [2.24, 2.45) is 5.73 Å². The van der Waals surface area contributed by atoms with Gasteiger partial charge in [-0.1, -0.05) is 12.8 Å². The summed E-state index contributed by atoms with van der Waals surface area (Å²) in [5, 5.41) is 0. The number of sulfonamides is 1. The fourth-order valence-corrected chi connectivity index (χ4v) is 3.23. The van der Waals surface area contributed by atoms with Crippen molar-refractivity contribution in [2.75, 3.05) is 32.9 Å². The lowest BCUT2D eigenvalue weighted by atomic mass is 9.97. The van der Waals surface area contributed by atoms with E-state index in [-0.39, 0.29) is 17.8 Å². The second-order valence-corrected chi connectivity index (χ2v) is 6.68. The van der Waals surface area contributed by atoms with E-state index in [0.29, 0.717) is 6.54 Å². The quantitative estimate of drug-likeness (QED) is 0.680. The Morgan fingerprint density at radius 1 is 1.31 bits per heavy atom. The van der Waals surface area contributed by atoms with Crippen molar-refractivity contribution in [2.45, 2.75) is 31.2 Å². The molecule has 1 fully saturated rings. The number of likely N-dealkylation sites (N-methyl/N-ethyl adjacent to an activating group) is 1. The molecular formula is C10H23N3O2S. The van der Waals surface area contributed by atoms with E-state index in [4.69, 9.17) is 5.73 Å². The Bertz CT molecular complexity index is 308. The summed E-state index contributed by atoms with van der Waals surface area (Å²) in [6, 6.07) is 0. The molecule has 0 spiro atoms. The third-order valence-electron chi connectivity index (χ3n) is 3.49. The molecule has 16 heavy (non-hydrogen) atoms. The molecule has 0 heterocycles. The molecule has 3 N–H and O–H groups in total. The van der Waals surface area contributed by atoms with Gasteiger partial charge in [-0.2, -0.15) is 0 Å². The van der Waals surface area contributed by atoms with Crippen molar-refractivity contribution >= 4 is 10.0 Å². The maximum atomic E-state index is 11.5. The fourth-order valence-electron chi connectivity index (χ4n) is 2.29. The van der Waals surface area contributed by atoms with Gasteiger partial charge in [0.15, 0.2) is 0 Å². The highest BCUT2D eigenvalue weighted by Crippen LogP contribution is 2.33. The van der Waals surface area contributed by atoms with Crippen molar-refractivity contribution in [3.05, 3.63) is 0 Å². The second-order valence-electron chi connectivity index (χ2n) is 4.75. The molecule has 5 nitrogen and oxygen atoms in total. The van der Waals surface area contributed by atoms with E-state index in [2.05, 4.69) is 9.62 Å². The van der Waals surface area contributed by atoms with Gasteiger partial charge in [-0.3, -0.25) is 0 Å². The first-order chi connectivity index (χ1) is 7.42. The lowest BCUT2D eigenvalue weighted by Gasteiger charge is -2.36. The van der Waals surface area contributed by atoms with Gasteiger partial charge < -0.3 is 10.6 Å². The van der Waals surface area contributed by atoms with E-state index in [9.17, 15) is 8.42 Å². The van der Waals surface area contributed by atoms with Crippen molar-refractivity contribution in [1.29, 1.82) is 0 Å². The van der Waals surface area contributed by atoms with Gasteiger partial charge in [0.25, 0.3) is 0 Å². The average molecular weight is 249 g/mol. The highest BCUT2D eigenvalue weighted by molar-refractivity contribution is 7.89. The first kappa shape index (κ1) is 13.9. The minimum Gasteiger partial charge on any atom is -0.329 e. The molecule has 6 heteroatoms. The van der Waals surface area contributed by atoms with Crippen LogP contribution in [-0.4, -0.2) is 51.8 Å². The molecule has 0 aromatic rings. The zero-order valence-corrected chi connectivity index (χ0v) is 11.0. The van der Waals surface area contributed by atoms with Gasteiger partial charge in [0.05, 0.1) is 5.75 Å². The van der Waals surface area contributed by atoms with Gasteiger partial charge in [-0.25, -0.2) is 13.1 Å². The van der Waals surface area contributed by atoms with Crippen LogP contribution in [0.1, 0.15) is 25.7 Å². The molecule has 96 valence electrons. The standard InChI is InChI=1S/C10H23N3O2S/c1-13(2)10(5-3-4-6-10)9-12-16(14,15)8-7-11/h12H,3-9,11H2,1-2H3. The molecule has 1 rings (SSSR count). The summed E-state index contributed by atoms with van der Waals surface area (Å²) in [6.45, 7) is 0.673. The average Bonchev–Trinajstić information content (AvgIpc) is 2.64. The van der Waals surface area contributed by atoms with Crippen LogP contribution in [-0.2, 0) is 10.0 Å². The normalized spacial score (nSPS) is 20.5. The maximum Gasteiger partial charge on any atom is 0.212 e. The van der Waals surface area contributed by atoms with Crippen LogP contribution in [0.15, 0.2) is 0 Å². The Kier molecular flexibility index (Phi) is 4.73. The van der Waals surface area contributed by atoms with Crippen LogP contribution < -0.4 is 10.5 Å². The smallest absolute Gasteiger partial charge is 0.212 e. The Morgan fingerprint density at radius 2 is 1.88 bits per heavy atom. The highest BCUT2D eigenvalue weighted by Gasteiger charge is 2.36. The molecular weight excluding hydrogens is 226 g/mol. The predicted octanol–water partition coefficient (Wildman–Crippen LogP) is -0.261. The van der Waals surface area contributed by atoms with Gasteiger partial charge in [-0.15, -0.1) is 0 Å². The van der Waals surface area contributed by atoms with Crippen LogP contribution in [0.3, 0.4) is 0 Å². The summed E-state index contributed by atoms with van der Waals surface area (Å²) < 4.78 is 25.8. The number of hydrogen-bond acceptors (Lipinski definition) is 4. The van der Waals surface area contributed by atoms with Crippen molar-refractivity contribution in [3.63, 3.8) is 0 Å². The number of nitrogens with zero attached hydrogens (tertiary/aromatic N) is 1. The molecule has 0 unspecified atom stereocenters. The third-order valence-corrected chi connectivity index (χ3v) is 4.85. The molecule has 0 saturated heterocycles. The van der Waals surface area contributed by atoms with Crippen LogP contribution >= 0.6 is 0 Å². The van der Waals surface area contributed by atoms with Crippen molar-refractivity contribution < 1.29 is 8.42 Å². The summed E-state index contributed by atoms with van der Waals surface area (Å²) in [4.78, 5) is 2.14.